The van der Waals surface area contributed by atoms with Gasteiger partial charge in [0.15, 0.2) is 17.4 Å². The lowest BCUT2D eigenvalue weighted by Crippen LogP contribution is -2.81. The summed E-state index contributed by atoms with van der Waals surface area (Å²) in [5.41, 5.74) is 0. The van der Waals surface area contributed by atoms with Crippen LogP contribution in [0.1, 0.15) is 47.5 Å². The Hall–Kier alpha value is -0.160. The minimum atomic E-state index is -1.13. The van der Waals surface area contributed by atoms with Crippen molar-refractivity contribution in [2.45, 2.75) is 70.9 Å². The molecule has 1 N–H and O–H groups in total. The molecule has 104 valence electrons. The maximum atomic E-state index is 11.0. The van der Waals surface area contributed by atoms with Crippen molar-refractivity contribution >= 4 is 0 Å². The molecule has 0 aromatic carbocycles. The molecule has 0 aliphatic carbocycles. The first-order chi connectivity index (χ1) is 8.35. The molecule has 0 amide bonds. The fourth-order valence-corrected chi connectivity index (χ4v) is 4.16. The number of aliphatic hydroxyl groups is 1. The van der Waals surface area contributed by atoms with Crippen molar-refractivity contribution < 1.29 is 19.3 Å². The maximum Gasteiger partial charge on any atom is 0.181 e. The van der Waals surface area contributed by atoms with Gasteiger partial charge in [-0.1, -0.05) is 34.6 Å². The van der Waals surface area contributed by atoms with Gasteiger partial charge in [-0.3, -0.25) is 0 Å². The van der Waals surface area contributed by atoms with Gasteiger partial charge in [0.1, 0.15) is 0 Å². The largest absolute Gasteiger partial charge is 0.365 e. The highest BCUT2D eigenvalue weighted by molar-refractivity contribution is 5.10. The van der Waals surface area contributed by atoms with E-state index in [1.165, 1.54) is 0 Å². The normalized spacial score (nSPS) is 62.3. The van der Waals surface area contributed by atoms with Crippen LogP contribution >= 0.6 is 0 Å². The Morgan fingerprint density at radius 2 is 1.56 bits per heavy atom. The molecule has 0 aromatic heterocycles. The second-order valence-corrected chi connectivity index (χ2v) is 6.17. The number of ether oxygens (including phenoxy) is 3. The first-order valence-electron chi connectivity index (χ1n) is 7.15. The van der Waals surface area contributed by atoms with Gasteiger partial charge in [-0.05, 0) is 12.8 Å². The Morgan fingerprint density at radius 3 is 2.11 bits per heavy atom. The maximum absolute atomic E-state index is 11.0. The minimum Gasteiger partial charge on any atom is -0.365 e. The Bertz CT molecular complexity index is 347. The molecule has 0 spiro atoms. The summed E-state index contributed by atoms with van der Waals surface area (Å²) in [5, 5.41) is 11.0. The van der Waals surface area contributed by atoms with Gasteiger partial charge >= 0.3 is 0 Å². The molecule has 7 atom stereocenters. The number of rotatable bonds is 2. The van der Waals surface area contributed by atoms with Crippen molar-refractivity contribution in [3.05, 3.63) is 0 Å². The van der Waals surface area contributed by atoms with Gasteiger partial charge in [0.25, 0.3) is 0 Å². The zero-order valence-electron chi connectivity index (χ0n) is 11.9. The summed E-state index contributed by atoms with van der Waals surface area (Å²) in [7, 11) is 0. The molecule has 4 aliphatic rings. The van der Waals surface area contributed by atoms with Crippen LogP contribution in [0.25, 0.3) is 0 Å². The Morgan fingerprint density at radius 1 is 0.944 bits per heavy atom. The molecule has 4 saturated heterocycles. The third-order valence-corrected chi connectivity index (χ3v) is 5.61. The summed E-state index contributed by atoms with van der Waals surface area (Å²) in [6.45, 7) is 10.2. The summed E-state index contributed by atoms with van der Waals surface area (Å²) in [6.07, 6.45) is 1.48. The van der Waals surface area contributed by atoms with Crippen molar-refractivity contribution in [3.63, 3.8) is 0 Å². The van der Waals surface area contributed by atoms with Gasteiger partial charge < -0.3 is 19.3 Å². The second-order valence-electron chi connectivity index (χ2n) is 6.17. The van der Waals surface area contributed by atoms with E-state index in [-0.39, 0.29) is 23.9 Å². The van der Waals surface area contributed by atoms with Crippen LogP contribution in [0.3, 0.4) is 0 Å². The molecule has 4 heterocycles. The highest BCUT2D eigenvalue weighted by Crippen LogP contribution is 2.62. The summed E-state index contributed by atoms with van der Waals surface area (Å²) >= 11 is 0. The van der Waals surface area contributed by atoms with Crippen molar-refractivity contribution in [2.75, 3.05) is 0 Å². The van der Waals surface area contributed by atoms with Crippen LogP contribution in [0.4, 0.5) is 0 Å². The monoisotopic (exact) mass is 256 g/mol. The van der Waals surface area contributed by atoms with Gasteiger partial charge in [0.05, 0.1) is 12.0 Å². The fraction of sp³-hybridized carbons (Fsp3) is 1.00. The standard InChI is InChI=1S/C14H24O4/c1-6-12-8(3)11-9(4)14(15,18-12)10(5)13(7-2,16-11)17-12/h8-11,15H,6-7H2,1-5H3/t8-,9+,10+,11+,12+,13-,14-/m1/s1. The lowest BCUT2D eigenvalue weighted by atomic mass is 9.66. The number of hydrogen-bond acceptors (Lipinski definition) is 4. The molecule has 18 heavy (non-hydrogen) atoms. The molecule has 4 bridgehead atoms. The summed E-state index contributed by atoms with van der Waals surface area (Å²) in [4.78, 5) is 0. The van der Waals surface area contributed by atoms with Crippen LogP contribution in [0, 0.1) is 17.8 Å². The van der Waals surface area contributed by atoms with Crippen LogP contribution in [0.15, 0.2) is 0 Å². The second kappa shape index (κ2) is 3.48. The summed E-state index contributed by atoms with van der Waals surface area (Å²) in [6, 6.07) is 0. The molecule has 0 radical (unpaired) electrons. The molecule has 4 heteroatoms. The van der Waals surface area contributed by atoms with E-state index in [2.05, 4.69) is 6.92 Å². The average molecular weight is 256 g/mol. The highest BCUT2D eigenvalue weighted by atomic mass is 16.9. The first-order valence-corrected chi connectivity index (χ1v) is 7.15. The molecular formula is C14H24O4. The lowest BCUT2D eigenvalue weighted by molar-refractivity contribution is -0.585. The SMILES string of the molecule is CC[C@@]12O[C@@]3(CC)O[C@@H]([C@H]1C)[C@H](C)[C@@](O)(O2)[C@H]3C. The van der Waals surface area contributed by atoms with Crippen molar-refractivity contribution in [2.24, 2.45) is 17.8 Å². The van der Waals surface area contributed by atoms with E-state index in [4.69, 9.17) is 14.2 Å². The topological polar surface area (TPSA) is 47.9 Å². The van der Waals surface area contributed by atoms with Crippen LogP contribution in [0.2, 0.25) is 0 Å². The fourth-order valence-electron chi connectivity index (χ4n) is 4.16. The average Bonchev–Trinajstić information content (AvgIpc) is 2.37. The number of hydrogen-bond donors (Lipinski definition) is 1. The molecule has 0 aromatic rings. The third-order valence-electron chi connectivity index (χ3n) is 5.61. The summed E-state index contributed by atoms with van der Waals surface area (Å²) < 4.78 is 18.5. The minimum absolute atomic E-state index is 0.00796. The lowest BCUT2D eigenvalue weighted by Gasteiger charge is -2.70. The third kappa shape index (κ3) is 1.16. The van der Waals surface area contributed by atoms with E-state index in [0.29, 0.717) is 0 Å². The predicted octanol–water partition coefficient (Wildman–Crippen LogP) is 2.26. The van der Waals surface area contributed by atoms with Crippen LogP contribution in [-0.4, -0.2) is 28.6 Å². The predicted molar refractivity (Wildman–Crippen MR) is 65.5 cm³/mol. The van der Waals surface area contributed by atoms with Gasteiger partial charge in [0, 0.05) is 11.8 Å². The van der Waals surface area contributed by atoms with Gasteiger partial charge in [0.2, 0.25) is 0 Å². The molecule has 4 aliphatic heterocycles. The molecule has 4 fully saturated rings. The highest BCUT2D eigenvalue weighted by Gasteiger charge is 2.74. The van der Waals surface area contributed by atoms with Crippen molar-refractivity contribution in [1.82, 2.24) is 0 Å². The van der Waals surface area contributed by atoms with Crippen LogP contribution in [0.5, 0.6) is 0 Å². The van der Waals surface area contributed by atoms with Crippen molar-refractivity contribution in [3.8, 4) is 0 Å². The van der Waals surface area contributed by atoms with E-state index in [1.807, 2.05) is 27.7 Å². The Balaban J connectivity index is 2.13. The van der Waals surface area contributed by atoms with Gasteiger partial charge in [-0.25, -0.2) is 0 Å². The quantitative estimate of drug-likeness (QED) is 0.823. The van der Waals surface area contributed by atoms with E-state index in [9.17, 15) is 5.11 Å². The Kier molecular flexibility index (Phi) is 2.49. The molecular weight excluding hydrogens is 232 g/mol. The first kappa shape index (κ1) is 12.9. The van der Waals surface area contributed by atoms with Gasteiger partial charge in [-0.15, -0.1) is 0 Å². The van der Waals surface area contributed by atoms with Crippen LogP contribution < -0.4 is 0 Å². The van der Waals surface area contributed by atoms with Gasteiger partial charge in [-0.2, -0.15) is 0 Å². The van der Waals surface area contributed by atoms with Crippen molar-refractivity contribution in [1.29, 1.82) is 0 Å². The Labute approximate surface area is 109 Å². The molecule has 0 unspecified atom stereocenters. The summed E-state index contributed by atoms with van der Waals surface area (Å²) in [5.74, 6) is -2.55. The molecule has 0 saturated carbocycles. The van der Waals surface area contributed by atoms with Crippen LogP contribution in [-0.2, 0) is 14.2 Å². The molecule has 4 rings (SSSR count). The van der Waals surface area contributed by atoms with E-state index in [0.717, 1.165) is 12.8 Å². The molecule has 4 nitrogen and oxygen atoms in total. The van der Waals surface area contributed by atoms with E-state index >= 15 is 0 Å². The van der Waals surface area contributed by atoms with E-state index in [1.54, 1.807) is 0 Å². The zero-order chi connectivity index (χ0) is 13.3. The van der Waals surface area contributed by atoms with E-state index < -0.39 is 17.4 Å². The smallest absolute Gasteiger partial charge is 0.181 e. The zero-order valence-corrected chi connectivity index (χ0v) is 11.9.